The molecule has 0 aliphatic carbocycles. The monoisotopic (exact) mass is 218 g/mol. The molecule has 0 saturated carbocycles. The molecule has 2 aliphatic rings. The second-order valence-electron chi connectivity index (χ2n) is 4.07. The van der Waals surface area contributed by atoms with Crippen LogP contribution in [-0.4, -0.2) is 45.0 Å². The number of sulfone groups is 1. The van der Waals surface area contributed by atoms with Crippen LogP contribution >= 0.6 is 0 Å². The second kappa shape index (κ2) is 3.51. The van der Waals surface area contributed by atoms with Crippen molar-refractivity contribution in [1.82, 2.24) is 10.6 Å². The highest BCUT2D eigenvalue weighted by Crippen LogP contribution is 2.12. The van der Waals surface area contributed by atoms with Gasteiger partial charge in [0, 0.05) is 6.42 Å². The average Bonchev–Trinajstić information content (AvgIpc) is 1.93. The normalized spacial score (nSPS) is 26.3. The highest BCUT2D eigenvalue weighted by atomic mass is 32.2. The van der Waals surface area contributed by atoms with Crippen molar-refractivity contribution in [2.75, 3.05) is 24.6 Å². The van der Waals surface area contributed by atoms with E-state index in [1.54, 1.807) is 0 Å². The van der Waals surface area contributed by atoms with Crippen LogP contribution in [0.15, 0.2) is 0 Å². The Morgan fingerprint density at radius 2 is 2.00 bits per heavy atom. The molecule has 2 aliphatic heterocycles. The third-order valence-corrected chi connectivity index (χ3v) is 4.44. The van der Waals surface area contributed by atoms with E-state index in [1.165, 1.54) is 0 Å². The molecule has 0 unspecified atom stereocenters. The van der Waals surface area contributed by atoms with Crippen LogP contribution in [0.2, 0.25) is 0 Å². The fourth-order valence-corrected chi connectivity index (χ4v) is 2.98. The Kier molecular flexibility index (Phi) is 2.48. The highest BCUT2D eigenvalue weighted by molar-refractivity contribution is 7.92. The molecule has 0 aromatic rings. The predicted molar refractivity (Wildman–Crippen MR) is 51.6 cm³/mol. The molecule has 14 heavy (non-hydrogen) atoms. The molecule has 2 saturated heterocycles. The van der Waals surface area contributed by atoms with Gasteiger partial charge in [-0.25, -0.2) is 8.42 Å². The standard InChI is InChI=1S/C8H14N2O3S/c11-8(1-6-2-9-3-6)10-7-4-14(12,13)5-7/h6-7,9H,1-5H2,(H,10,11). The van der Waals surface area contributed by atoms with E-state index >= 15 is 0 Å². The molecule has 2 fully saturated rings. The van der Waals surface area contributed by atoms with Gasteiger partial charge in [0.05, 0.1) is 17.5 Å². The molecule has 1 amide bonds. The third kappa shape index (κ3) is 2.24. The topological polar surface area (TPSA) is 75.3 Å². The van der Waals surface area contributed by atoms with Gasteiger partial charge < -0.3 is 10.6 Å². The first-order valence-electron chi connectivity index (χ1n) is 4.76. The van der Waals surface area contributed by atoms with Crippen LogP contribution in [0.3, 0.4) is 0 Å². The lowest BCUT2D eigenvalue weighted by molar-refractivity contribution is -0.122. The molecule has 80 valence electrons. The van der Waals surface area contributed by atoms with Crippen molar-refractivity contribution in [2.45, 2.75) is 12.5 Å². The molecule has 0 atom stereocenters. The quantitative estimate of drug-likeness (QED) is 0.605. The Hall–Kier alpha value is -0.620. The molecule has 6 heteroatoms. The molecule has 0 spiro atoms. The molecule has 0 aromatic heterocycles. The molecule has 0 bridgehead atoms. The maximum absolute atomic E-state index is 11.3. The zero-order valence-corrected chi connectivity index (χ0v) is 8.64. The number of amides is 1. The Morgan fingerprint density at radius 3 is 2.43 bits per heavy atom. The van der Waals surface area contributed by atoms with Crippen LogP contribution in [0.25, 0.3) is 0 Å². The second-order valence-corrected chi connectivity index (χ2v) is 6.22. The van der Waals surface area contributed by atoms with Crippen molar-refractivity contribution >= 4 is 15.7 Å². The SMILES string of the molecule is O=C(CC1CNC1)NC1CS(=O)(=O)C1. The predicted octanol–water partition coefficient (Wildman–Crippen LogP) is -1.49. The Labute approximate surface area is 83.2 Å². The van der Waals surface area contributed by atoms with E-state index < -0.39 is 9.84 Å². The lowest BCUT2D eigenvalue weighted by atomic mass is 9.99. The molecule has 2 rings (SSSR count). The minimum absolute atomic E-state index is 0.0172. The molecule has 2 heterocycles. The van der Waals surface area contributed by atoms with Gasteiger partial charge in [-0.2, -0.15) is 0 Å². The summed E-state index contributed by atoms with van der Waals surface area (Å²) >= 11 is 0. The van der Waals surface area contributed by atoms with Crippen LogP contribution in [0.1, 0.15) is 6.42 Å². The summed E-state index contributed by atoms with van der Waals surface area (Å²) < 4.78 is 21.6. The van der Waals surface area contributed by atoms with Crippen molar-refractivity contribution in [1.29, 1.82) is 0 Å². The van der Waals surface area contributed by atoms with Gasteiger partial charge in [0.1, 0.15) is 0 Å². The van der Waals surface area contributed by atoms with Crippen LogP contribution in [-0.2, 0) is 14.6 Å². The van der Waals surface area contributed by atoms with Gasteiger partial charge in [0.2, 0.25) is 5.91 Å². The summed E-state index contributed by atoms with van der Waals surface area (Å²) in [5.41, 5.74) is 0. The van der Waals surface area contributed by atoms with Crippen molar-refractivity contribution in [3.8, 4) is 0 Å². The van der Waals surface area contributed by atoms with Gasteiger partial charge in [-0.15, -0.1) is 0 Å². The van der Waals surface area contributed by atoms with E-state index in [9.17, 15) is 13.2 Å². The summed E-state index contributed by atoms with van der Waals surface area (Å²) in [7, 11) is -2.82. The number of carbonyl (C=O) groups is 1. The van der Waals surface area contributed by atoms with Gasteiger partial charge in [-0.3, -0.25) is 4.79 Å². The lowest BCUT2D eigenvalue weighted by Gasteiger charge is -2.30. The van der Waals surface area contributed by atoms with Gasteiger partial charge in [0.25, 0.3) is 0 Å². The molecule has 5 nitrogen and oxygen atoms in total. The van der Waals surface area contributed by atoms with Gasteiger partial charge in [-0.1, -0.05) is 0 Å². The third-order valence-electron chi connectivity index (χ3n) is 2.62. The average molecular weight is 218 g/mol. The molecular formula is C8H14N2O3S. The Balaban J connectivity index is 1.68. The first-order valence-corrected chi connectivity index (χ1v) is 6.58. The largest absolute Gasteiger partial charge is 0.351 e. The number of rotatable bonds is 3. The molecule has 2 N–H and O–H groups in total. The van der Waals surface area contributed by atoms with Crippen LogP contribution in [0.4, 0.5) is 0 Å². The summed E-state index contributed by atoms with van der Waals surface area (Å²) in [6.07, 6.45) is 0.517. The van der Waals surface area contributed by atoms with E-state index in [2.05, 4.69) is 10.6 Å². The summed E-state index contributed by atoms with van der Waals surface area (Å²) in [6, 6.07) is -0.138. The van der Waals surface area contributed by atoms with Crippen molar-refractivity contribution in [3.63, 3.8) is 0 Å². The minimum Gasteiger partial charge on any atom is -0.351 e. The lowest BCUT2D eigenvalue weighted by Crippen LogP contribution is -2.54. The van der Waals surface area contributed by atoms with Crippen molar-refractivity contribution in [3.05, 3.63) is 0 Å². The number of nitrogens with one attached hydrogen (secondary N) is 2. The fraction of sp³-hybridized carbons (Fsp3) is 0.875. The maximum atomic E-state index is 11.3. The van der Waals surface area contributed by atoms with E-state index in [-0.39, 0.29) is 23.5 Å². The van der Waals surface area contributed by atoms with E-state index in [4.69, 9.17) is 0 Å². The fourth-order valence-electron chi connectivity index (χ4n) is 1.69. The zero-order chi connectivity index (χ0) is 10.2. The Morgan fingerprint density at radius 1 is 1.36 bits per heavy atom. The van der Waals surface area contributed by atoms with Crippen molar-refractivity contribution in [2.24, 2.45) is 5.92 Å². The summed E-state index contributed by atoms with van der Waals surface area (Å²) in [6.45, 7) is 1.80. The van der Waals surface area contributed by atoms with Crippen molar-refractivity contribution < 1.29 is 13.2 Å². The van der Waals surface area contributed by atoms with Gasteiger partial charge in [-0.05, 0) is 19.0 Å². The smallest absolute Gasteiger partial charge is 0.220 e. The zero-order valence-electron chi connectivity index (χ0n) is 7.82. The number of carbonyl (C=O) groups excluding carboxylic acids is 1. The maximum Gasteiger partial charge on any atom is 0.220 e. The van der Waals surface area contributed by atoms with E-state index in [0.29, 0.717) is 12.3 Å². The first kappa shape index (κ1) is 9.92. The summed E-state index contributed by atoms with van der Waals surface area (Å²) in [5.74, 6) is 0.645. The summed E-state index contributed by atoms with van der Waals surface area (Å²) in [5, 5.41) is 5.81. The number of hydrogen-bond acceptors (Lipinski definition) is 4. The number of hydrogen-bond donors (Lipinski definition) is 2. The molecule has 0 radical (unpaired) electrons. The minimum atomic E-state index is -2.82. The molecule has 0 aromatic carbocycles. The van der Waals surface area contributed by atoms with Crippen LogP contribution < -0.4 is 10.6 Å². The van der Waals surface area contributed by atoms with E-state index in [0.717, 1.165) is 13.1 Å². The summed E-state index contributed by atoms with van der Waals surface area (Å²) in [4.78, 5) is 11.3. The van der Waals surface area contributed by atoms with Crippen LogP contribution in [0.5, 0.6) is 0 Å². The highest BCUT2D eigenvalue weighted by Gasteiger charge is 2.34. The van der Waals surface area contributed by atoms with Crippen LogP contribution in [0, 0.1) is 5.92 Å². The Bertz CT molecular complexity index is 322. The van der Waals surface area contributed by atoms with Gasteiger partial charge >= 0.3 is 0 Å². The van der Waals surface area contributed by atoms with E-state index in [1.807, 2.05) is 0 Å². The van der Waals surface area contributed by atoms with Gasteiger partial charge in [0.15, 0.2) is 9.84 Å². The first-order chi connectivity index (χ1) is 6.55. The molecular weight excluding hydrogens is 204 g/mol.